The summed E-state index contributed by atoms with van der Waals surface area (Å²) in [5.41, 5.74) is 0.537. The Morgan fingerprint density at radius 2 is 1.95 bits per heavy atom. The molecule has 7 nitrogen and oxygen atoms in total. The van der Waals surface area contributed by atoms with Crippen LogP contribution in [0.2, 0.25) is 0 Å². The second-order valence-corrected chi connectivity index (χ2v) is 4.63. The molecule has 0 saturated carbocycles. The van der Waals surface area contributed by atoms with Gasteiger partial charge in [-0.1, -0.05) is 0 Å². The van der Waals surface area contributed by atoms with Crippen molar-refractivity contribution in [2.45, 2.75) is 0 Å². The third-order valence-electron chi connectivity index (χ3n) is 2.21. The maximum Gasteiger partial charge on any atom is 0.321 e. The standard InChI is InChI=1S/C12H12N4O3S/c17-9-3-1-8(2-4-9)15-10(18)7-14-11(19)16-12-13-5-6-20-12/h1-6,17H,7H2,(H,15,18)(H2,13,14,16,19). The van der Waals surface area contributed by atoms with E-state index in [-0.39, 0.29) is 18.2 Å². The fourth-order valence-electron chi connectivity index (χ4n) is 1.34. The molecule has 4 N–H and O–H groups in total. The summed E-state index contributed by atoms with van der Waals surface area (Å²) in [4.78, 5) is 26.9. The summed E-state index contributed by atoms with van der Waals surface area (Å²) in [6.07, 6.45) is 1.57. The zero-order chi connectivity index (χ0) is 14.4. The van der Waals surface area contributed by atoms with Gasteiger partial charge in [0.25, 0.3) is 0 Å². The Labute approximate surface area is 118 Å². The summed E-state index contributed by atoms with van der Waals surface area (Å²) in [6.45, 7) is -0.169. The smallest absolute Gasteiger partial charge is 0.321 e. The highest BCUT2D eigenvalue weighted by molar-refractivity contribution is 7.13. The van der Waals surface area contributed by atoms with E-state index in [4.69, 9.17) is 5.11 Å². The number of carbonyl (C=O) groups excluding carboxylic acids is 2. The van der Waals surface area contributed by atoms with E-state index in [0.717, 1.165) is 0 Å². The lowest BCUT2D eigenvalue weighted by Gasteiger charge is -2.07. The number of anilines is 2. The minimum atomic E-state index is -0.499. The number of carbonyl (C=O) groups is 2. The molecule has 1 aromatic heterocycles. The quantitative estimate of drug-likeness (QED) is 0.643. The number of phenols is 1. The number of phenolic OH excluding ortho intramolecular Hbond substituents is 1. The number of benzene rings is 1. The minimum Gasteiger partial charge on any atom is -0.508 e. The van der Waals surface area contributed by atoms with Crippen molar-refractivity contribution >= 4 is 34.1 Å². The number of thiazole rings is 1. The van der Waals surface area contributed by atoms with Crippen LogP contribution >= 0.6 is 11.3 Å². The summed E-state index contributed by atoms with van der Waals surface area (Å²) in [5.74, 6) is -0.256. The van der Waals surface area contributed by atoms with Crippen LogP contribution < -0.4 is 16.0 Å². The average Bonchev–Trinajstić information content (AvgIpc) is 2.92. The molecule has 0 bridgehead atoms. The lowest BCUT2D eigenvalue weighted by atomic mass is 10.3. The first-order valence-electron chi connectivity index (χ1n) is 5.67. The van der Waals surface area contributed by atoms with E-state index in [1.807, 2.05) is 0 Å². The highest BCUT2D eigenvalue weighted by atomic mass is 32.1. The number of aromatic nitrogens is 1. The van der Waals surface area contributed by atoms with Crippen LogP contribution in [0, 0.1) is 0 Å². The van der Waals surface area contributed by atoms with E-state index < -0.39 is 6.03 Å². The lowest BCUT2D eigenvalue weighted by molar-refractivity contribution is -0.115. The van der Waals surface area contributed by atoms with Gasteiger partial charge in [-0.15, -0.1) is 11.3 Å². The van der Waals surface area contributed by atoms with Gasteiger partial charge in [0.15, 0.2) is 5.13 Å². The molecule has 0 aliphatic carbocycles. The summed E-state index contributed by atoms with van der Waals surface area (Å²) >= 11 is 1.28. The number of nitrogens with one attached hydrogen (secondary N) is 3. The molecule has 1 heterocycles. The SMILES string of the molecule is O=C(CNC(=O)Nc1nccs1)Nc1ccc(O)cc1. The van der Waals surface area contributed by atoms with Crippen molar-refractivity contribution in [1.29, 1.82) is 0 Å². The second-order valence-electron chi connectivity index (χ2n) is 3.74. The normalized spacial score (nSPS) is 9.80. The number of amides is 3. The van der Waals surface area contributed by atoms with Gasteiger partial charge in [0, 0.05) is 17.3 Å². The van der Waals surface area contributed by atoms with Gasteiger partial charge in [0.2, 0.25) is 5.91 Å². The first-order chi connectivity index (χ1) is 9.63. The van der Waals surface area contributed by atoms with Gasteiger partial charge in [-0.25, -0.2) is 9.78 Å². The fourth-order valence-corrected chi connectivity index (χ4v) is 1.86. The molecule has 104 valence electrons. The molecule has 0 unspecified atom stereocenters. The molecule has 0 aliphatic rings. The van der Waals surface area contributed by atoms with Crippen LogP contribution in [0.25, 0.3) is 0 Å². The van der Waals surface area contributed by atoms with Crippen LogP contribution in [0.1, 0.15) is 0 Å². The van der Waals surface area contributed by atoms with Gasteiger partial charge < -0.3 is 15.7 Å². The fraction of sp³-hybridized carbons (Fsp3) is 0.0833. The van der Waals surface area contributed by atoms with Crippen molar-refractivity contribution in [1.82, 2.24) is 10.3 Å². The molecule has 8 heteroatoms. The third kappa shape index (κ3) is 4.25. The summed E-state index contributed by atoms with van der Waals surface area (Å²) in [6, 6.07) is 5.53. The number of nitrogens with zero attached hydrogens (tertiary/aromatic N) is 1. The largest absolute Gasteiger partial charge is 0.508 e. The maximum absolute atomic E-state index is 11.6. The molecule has 0 saturated heterocycles. The highest BCUT2D eigenvalue weighted by Gasteiger charge is 2.07. The Hall–Kier alpha value is -2.61. The summed E-state index contributed by atoms with van der Waals surface area (Å²) < 4.78 is 0. The van der Waals surface area contributed by atoms with Crippen molar-refractivity contribution in [2.75, 3.05) is 17.2 Å². The monoisotopic (exact) mass is 292 g/mol. The van der Waals surface area contributed by atoms with E-state index in [0.29, 0.717) is 10.8 Å². The van der Waals surface area contributed by atoms with Crippen LogP contribution in [0.5, 0.6) is 5.75 Å². The Morgan fingerprint density at radius 1 is 1.20 bits per heavy atom. The van der Waals surface area contributed by atoms with Crippen LogP contribution in [0.3, 0.4) is 0 Å². The predicted molar refractivity (Wildman–Crippen MR) is 75.9 cm³/mol. The van der Waals surface area contributed by atoms with Crippen LogP contribution in [0.4, 0.5) is 15.6 Å². The van der Waals surface area contributed by atoms with E-state index in [9.17, 15) is 9.59 Å². The van der Waals surface area contributed by atoms with Gasteiger partial charge in [0.1, 0.15) is 5.75 Å². The van der Waals surface area contributed by atoms with Crippen molar-refractivity contribution < 1.29 is 14.7 Å². The molecular weight excluding hydrogens is 280 g/mol. The summed E-state index contributed by atoms with van der Waals surface area (Å²) in [5, 5.41) is 18.8. The molecule has 0 spiro atoms. The van der Waals surface area contributed by atoms with Crippen LogP contribution in [-0.4, -0.2) is 28.6 Å². The molecule has 3 amide bonds. The average molecular weight is 292 g/mol. The topological polar surface area (TPSA) is 103 Å². The number of hydrogen-bond acceptors (Lipinski definition) is 5. The Morgan fingerprint density at radius 3 is 2.60 bits per heavy atom. The Balaban J connectivity index is 1.74. The first-order valence-corrected chi connectivity index (χ1v) is 6.54. The highest BCUT2D eigenvalue weighted by Crippen LogP contribution is 2.13. The van der Waals surface area contributed by atoms with Crippen molar-refractivity contribution in [3.63, 3.8) is 0 Å². The number of urea groups is 1. The van der Waals surface area contributed by atoms with Crippen LogP contribution in [-0.2, 0) is 4.79 Å². The molecule has 0 atom stereocenters. The number of hydrogen-bond donors (Lipinski definition) is 4. The van der Waals surface area contributed by atoms with E-state index >= 15 is 0 Å². The van der Waals surface area contributed by atoms with Crippen molar-refractivity contribution in [3.8, 4) is 5.75 Å². The Bertz CT molecular complexity index is 583. The van der Waals surface area contributed by atoms with Gasteiger partial charge in [-0.3, -0.25) is 10.1 Å². The van der Waals surface area contributed by atoms with Gasteiger partial charge in [0.05, 0.1) is 6.54 Å². The van der Waals surface area contributed by atoms with Gasteiger partial charge in [-0.2, -0.15) is 0 Å². The molecular formula is C12H12N4O3S. The molecule has 2 rings (SSSR count). The molecule has 20 heavy (non-hydrogen) atoms. The second kappa shape index (κ2) is 6.53. The first kappa shape index (κ1) is 13.8. The zero-order valence-corrected chi connectivity index (χ0v) is 11.1. The number of aromatic hydroxyl groups is 1. The van der Waals surface area contributed by atoms with Crippen molar-refractivity contribution in [2.24, 2.45) is 0 Å². The van der Waals surface area contributed by atoms with Gasteiger partial charge in [-0.05, 0) is 24.3 Å². The predicted octanol–water partition coefficient (Wildman–Crippen LogP) is 1.61. The van der Waals surface area contributed by atoms with E-state index in [2.05, 4.69) is 20.9 Å². The van der Waals surface area contributed by atoms with Crippen LogP contribution in [0.15, 0.2) is 35.8 Å². The summed E-state index contributed by atoms with van der Waals surface area (Å²) in [7, 11) is 0. The number of rotatable bonds is 4. The van der Waals surface area contributed by atoms with E-state index in [1.54, 1.807) is 23.7 Å². The van der Waals surface area contributed by atoms with Gasteiger partial charge >= 0.3 is 6.03 Å². The molecule has 0 radical (unpaired) electrons. The zero-order valence-electron chi connectivity index (χ0n) is 10.3. The molecule has 2 aromatic rings. The molecule has 0 aliphatic heterocycles. The lowest BCUT2D eigenvalue weighted by Crippen LogP contribution is -2.35. The van der Waals surface area contributed by atoms with Crippen molar-refractivity contribution in [3.05, 3.63) is 35.8 Å². The maximum atomic E-state index is 11.6. The van der Waals surface area contributed by atoms with E-state index in [1.165, 1.54) is 23.5 Å². The minimum absolute atomic E-state index is 0.115. The Kier molecular flexibility index (Phi) is 4.51. The molecule has 0 fully saturated rings. The third-order valence-corrected chi connectivity index (χ3v) is 2.90. The molecule has 1 aromatic carbocycles.